The van der Waals surface area contributed by atoms with E-state index in [9.17, 15) is 0 Å². The topological polar surface area (TPSA) is 51.4 Å². The van der Waals surface area contributed by atoms with Gasteiger partial charge in [-0.1, -0.05) is 12.1 Å². The van der Waals surface area contributed by atoms with Crippen LogP contribution < -0.4 is 4.74 Å². The minimum atomic E-state index is 0.348. The number of ether oxygens (including phenoxy) is 1. The lowest BCUT2D eigenvalue weighted by Gasteiger charge is -2.06. The molecule has 0 bridgehead atoms. The number of likely N-dealkylation sites (N-methyl/N-ethyl adjacent to an activating group) is 1. The van der Waals surface area contributed by atoms with Gasteiger partial charge in [0.25, 0.3) is 5.89 Å². The van der Waals surface area contributed by atoms with E-state index in [0.717, 1.165) is 36.7 Å². The van der Waals surface area contributed by atoms with Crippen LogP contribution in [-0.2, 0) is 0 Å². The molecule has 1 atom stereocenters. The van der Waals surface area contributed by atoms with Crippen LogP contribution in [0.2, 0.25) is 0 Å². The number of nitrogens with zero attached hydrogens (tertiary/aromatic N) is 3. The molecule has 0 spiro atoms. The second-order valence-corrected chi connectivity index (χ2v) is 4.89. The zero-order chi connectivity index (χ0) is 13.2. The van der Waals surface area contributed by atoms with E-state index in [1.165, 1.54) is 0 Å². The van der Waals surface area contributed by atoms with E-state index in [4.69, 9.17) is 9.15 Å². The molecule has 2 aromatic rings. The number of aromatic nitrogens is 2. The van der Waals surface area contributed by atoms with Gasteiger partial charge in [0, 0.05) is 6.54 Å². The van der Waals surface area contributed by atoms with Crippen LogP contribution in [0.1, 0.15) is 18.2 Å². The van der Waals surface area contributed by atoms with E-state index in [1.807, 2.05) is 24.3 Å². The Balaban J connectivity index is 1.88. The van der Waals surface area contributed by atoms with E-state index in [2.05, 4.69) is 22.1 Å². The Bertz CT molecular complexity index is 567. The summed E-state index contributed by atoms with van der Waals surface area (Å²) in [6.07, 6.45) is 1.07. The summed E-state index contributed by atoms with van der Waals surface area (Å²) in [5, 5.41) is 8.34. The van der Waals surface area contributed by atoms with Gasteiger partial charge in [-0.25, -0.2) is 0 Å². The fourth-order valence-electron chi connectivity index (χ4n) is 2.47. The van der Waals surface area contributed by atoms with Crippen molar-refractivity contribution in [3.8, 4) is 17.2 Å². The van der Waals surface area contributed by atoms with Crippen molar-refractivity contribution in [1.29, 1.82) is 0 Å². The summed E-state index contributed by atoms with van der Waals surface area (Å²) in [6.45, 7) is 2.06. The summed E-state index contributed by atoms with van der Waals surface area (Å²) in [6, 6.07) is 7.68. The van der Waals surface area contributed by atoms with Gasteiger partial charge in [-0.05, 0) is 32.1 Å². The van der Waals surface area contributed by atoms with Gasteiger partial charge in [-0.15, -0.1) is 10.2 Å². The van der Waals surface area contributed by atoms with Crippen molar-refractivity contribution in [2.75, 3.05) is 27.2 Å². The highest BCUT2D eigenvalue weighted by molar-refractivity contribution is 5.62. The molecule has 0 N–H and O–H groups in total. The Morgan fingerprint density at radius 3 is 2.89 bits per heavy atom. The van der Waals surface area contributed by atoms with Crippen molar-refractivity contribution in [2.45, 2.75) is 12.3 Å². The molecule has 1 aliphatic rings. The summed E-state index contributed by atoms with van der Waals surface area (Å²) < 4.78 is 11.1. The molecule has 0 amide bonds. The Hall–Kier alpha value is -1.88. The van der Waals surface area contributed by atoms with Gasteiger partial charge >= 0.3 is 0 Å². The van der Waals surface area contributed by atoms with Crippen LogP contribution in [0.25, 0.3) is 11.5 Å². The van der Waals surface area contributed by atoms with E-state index in [1.54, 1.807) is 7.11 Å². The molecule has 3 rings (SSSR count). The first-order valence-corrected chi connectivity index (χ1v) is 6.43. The zero-order valence-corrected chi connectivity index (χ0v) is 11.2. The second kappa shape index (κ2) is 5.01. The van der Waals surface area contributed by atoms with Gasteiger partial charge < -0.3 is 14.1 Å². The van der Waals surface area contributed by atoms with E-state index < -0.39 is 0 Å². The maximum absolute atomic E-state index is 5.82. The van der Waals surface area contributed by atoms with Crippen LogP contribution >= 0.6 is 0 Å². The fraction of sp³-hybridized carbons (Fsp3) is 0.429. The molecule has 5 heteroatoms. The van der Waals surface area contributed by atoms with Gasteiger partial charge in [-0.2, -0.15) is 0 Å². The van der Waals surface area contributed by atoms with Crippen LogP contribution in [0.3, 0.4) is 0 Å². The lowest BCUT2D eigenvalue weighted by atomic mass is 10.1. The number of likely N-dealkylation sites (tertiary alicyclic amines) is 1. The van der Waals surface area contributed by atoms with Crippen LogP contribution in [0.4, 0.5) is 0 Å². The first-order chi connectivity index (χ1) is 9.28. The van der Waals surface area contributed by atoms with Crippen molar-refractivity contribution in [3.05, 3.63) is 30.2 Å². The molecule has 1 unspecified atom stereocenters. The fourth-order valence-corrected chi connectivity index (χ4v) is 2.47. The third kappa shape index (κ3) is 2.33. The van der Waals surface area contributed by atoms with Gasteiger partial charge in [0.2, 0.25) is 5.89 Å². The predicted molar refractivity (Wildman–Crippen MR) is 71.1 cm³/mol. The lowest BCUT2D eigenvalue weighted by Crippen LogP contribution is -2.13. The monoisotopic (exact) mass is 259 g/mol. The van der Waals surface area contributed by atoms with Gasteiger partial charge in [0.15, 0.2) is 0 Å². The quantitative estimate of drug-likeness (QED) is 0.845. The van der Waals surface area contributed by atoms with Crippen LogP contribution in [0, 0.1) is 0 Å². The van der Waals surface area contributed by atoms with Crippen LogP contribution in [0.5, 0.6) is 5.75 Å². The molecule has 100 valence electrons. The van der Waals surface area contributed by atoms with Crippen molar-refractivity contribution < 1.29 is 9.15 Å². The summed E-state index contributed by atoms with van der Waals surface area (Å²) in [5.41, 5.74) is 0.843. The van der Waals surface area contributed by atoms with Gasteiger partial charge in [-0.3, -0.25) is 0 Å². The smallest absolute Gasteiger partial charge is 0.251 e. The molecular weight excluding hydrogens is 242 g/mol. The molecule has 0 saturated carbocycles. The SMILES string of the molecule is COc1ccccc1-c1nnc(C2CCN(C)C2)o1. The van der Waals surface area contributed by atoms with Crippen molar-refractivity contribution in [2.24, 2.45) is 0 Å². The Labute approximate surface area is 112 Å². The van der Waals surface area contributed by atoms with Crippen LogP contribution in [0.15, 0.2) is 28.7 Å². The third-order valence-electron chi connectivity index (χ3n) is 3.52. The number of para-hydroxylation sites is 1. The summed E-state index contributed by atoms with van der Waals surface area (Å²) in [7, 11) is 3.75. The Kier molecular flexibility index (Phi) is 3.21. The number of hydrogen-bond acceptors (Lipinski definition) is 5. The molecule has 5 nitrogen and oxygen atoms in total. The molecule has 19 heavy (non-hydrogen) atoms. The molecule has 1 aromatic carbocycles. The maximum Gasteiger partial charge on any atom is 0.251 e. The second-order valence-electron chi connectivity index (χ2n) is 4.89. The number of benzene rings is 1. The summed E-state index contributed by atoms with van der Waals surface area (Å²) in [4.78, 5) is 2.28. The first kappa shape index (κ1) is 12.2. The highest BCUT2D eigenvalue weighted by Crippen LogP contribution is 2.31. The molecule has 1 saturated heterocycles. The average Bonchev–Trinajstić information content (AvgIpc) is 3.07. The highest BCUT2D eigenvalue weighted by atomic mass is 16.5. The first-order valence-electron chi connectivity index (χ1n) is 6.43. The summed E-state index contributed by atoms with van der Waals surface area (Å²) in [5.74, 6) is 2.36. The van der Waals surface area contributed by atoms with E-state index in [0.29, 0.717) is 11.8 Å². The Morgan fingerprint density at radius 2 is 2.16 bits per heavy atom. The standard InChI is InChI=1S/C14H17N3O2/c1-17-8-7-10(9-17)13-15-16-14(19-13)11-5-3-4-6-12(11)18-2/h3-6,10H,7-9H2,1-2H3. The molecule has 2 heterocycles. The minimum absolute atomic E-state index is 0.348. The van der Waals surface area contributed by atoms with Crippen molar-refractivity contribution in [3.63, 3.8) is 0 Å². The maximum atomic E-state index is 5.82. The summed E-state index contributed by atoms with van der Waals surface area (Å²) >= 11 is 0. The third-order valence-corrected chi connectivity index (χ3v) is 3.52. The van der Waals surface area contributed by atoms with Gasteiger partial charge in [0.05, 0.1) is 18.6 Å². The number of rotatable bonds is 3. The molecule has 1 fully saturated rings. The predicted octanol–water partition coefficient (Wildman–Crippen LogP) is 2.16. The van der Waals surface area contributed by atoms with Crippen LogP contribution in [-0.4, -0.2) is 42.3 Å². The largest absolute Gasteiger partial charge is 0.496 e. The van der Waals surface area contributed by atoms with E-state index >= 15 is 0 Å². The molecule has 0 aliphatic carbocycles. The molecular formula is C14H17N3O2. The van der Waals surface area contributed by atoms with Gasteiger partial charge in [0.1, 0.15) is 5.75 Å². The van der Waals surface area contributed by atoms with Crippen molar-refractivity contribution in [1.82, 2.24) is 15.1 Å². The number of methoxy groups -OCH3 is 1. The molecule has 1 aromatic heterocycles. The zero-order valence-electron chi connectivity index (χ0n) is 11.2. The lowest BCUT2D eigenvalue weighted by molar-refractivity contribution is 0.392. The Morgan fingerprint density at radius 1 is 1.32 bits per heavy atom. The molecule has 1 aliphatic heterocycles. The number of hydrogen-bond donors (Lipinski definition) is 0. The molecule has 0 radical (unpaired) electrons. The van der Waals surface area contributed by atoms with Crippen molar-refractivity contribution >= 4 is 0 Å². The average molecular weight is 259 g/mol. The minimum Gasteiger partial charge on any atom is -0.496 e. The van der Waals surface area contributed by atoms with E-state index in [-0.39, 0.29) is 0 Å². The normalized spacial score (nSPS) is 19.8. The highest BCUT2D eigenvalue weighted by Gasteiger charge is 2.26.